The second kappa shape index (κ2) is 7.31. The van der Waals surface area contributed by atoms with Crippen LogP contribution in [0.1, 0.15) is 32.1 Å². The van der Waals surface area contributed by atoms with Gasteiger partial charge in [0.2, 0.25) is 0 Å². The van der Waals surface area contributed by atoms with Crippen LogP contribution >= 0.6 is 11.8 Å². The molecule has 6 nitrogen and oxygen atoms in total. The van der Waals surface area contributed by atoms with Crippen LogP contribution in [0.15, 0.2) is 24.4 Å². The zero-order valence-corrected chi connectivity index (χ0v) is 13.4. The molecule has 7 heteroatoms. The van der Waals surface area contributed by atoms with Gasteiger partial charge in [-0.3, -0.25) is 4.40 Å². The maximum absolute atomic E-state index is 12.0. The van der Waals surface area contributed by atoms with Gasteiger partial charge in [-0.25, -0.2) is 4.79 Å². The minimum atomic E-state index is -0.177. The molecule has 0 saturated heterocycles. The summed E-state index contributed by atoms with van der Waals surface area (Å²) < 4.78 is 1.92. The van der Waals surface area contributed by atoms with E-state index in [1.54, 1.807) is 11.8 Å². The first kappa shape index (κ1) is 15.6. The Morgan fingerprint density at radius 1 is 1.33 bits per heavy atom. The first-order chi connectivity index (χ1) is 10.1. The van der Waals surface area contributed by atoms with Crippen LogP contribution in [-0.2, 0) is 0 Å². The standard InChI is InChI=1S/C14H21N5OS/c1-10(2)15-14(20)16-11(7-9-21-3)13-18-17-12-6-4-5-8-19(12)13/h4-6,8,10-11H,7,9H2,1-3H3,(H2,15,16,20)/t11-/m1/s1. The van der Waals surface area contributed by atoms with E-state index in [1.807, 2.05) is 48.9 Å². The SMILES string of the molecule is CSCC[C@@H](NC(=O)NC(C)C)c1nnc2ccccn12. The predicted molar refractivity (Wildman–Crippen MR) is 85.5 cm³/mol. The van der Waals surface area contributed by atoms with Gasteiger partial charge in [0.15, 0.2) is 11.5 Å². The number of rotatable bonds is 6. The number of fused-ring (bicyclic) bond motifs is 1. The monoisotopic (exact) mass is 307 g/mol. The van der Waals surface area contributed by atoms with E-state index in [0.29, 0.717) is 0 Å². The van der Waals surface area contributed by atoms with Crippen molar-refractivity contribution >= 4 is 23.4 Å². The molecule has 0 aliphatic rings. The summed E-state index contributed by atoms with van der Waals surface area (Å²) in [6.07, 6.45) is 4.77. The van der Waals surface area contributed by atoms with E-state index in [-0.39, 0.29) is 18.1 Å². The van der Waals surface area contributed by atoms with Gasteiger partial charge in [-0.1, -0.05) is 6.07 Å². The number of hydrogen-bond donors (Lipinski definition) is 2. The minimum absolute atomic E-state index is 0.0985. The van der Waals surface area contributed by atoms with Crippen molar-refractivity contribution < 1.29 is 4.79 Å². The molecule has 0 fully saturated rings. The molecule has 0 saturated carbocycles. The summed E-state index contributed by atoms with van der Waals surface area (Å²) >= 11 is 1.74. The number of thioether (sulfide) groups is 1. The number of amides is 2. The number of pyridine rings is 1. The summed E-state index contributed by atoms with van der Waals surface area (Å²) in [6.45, 7) is 3.87. The minimum Gasteiger partial charge on any atom is -0.336 e. The lowest BCUT2D eigenvalue weighted by Gasteiger charge is -2.18. The summed E-state index contributed by atoms with van der Waals surface area (Å²) in [5.41, 5.74) is 0.785. The van der Waals surface area contributed by atoms with E-state index in [1.165, 1.54) is 0 Å². The summed E-state index contributed by atoms with van der Waals surface area (Å²) in [5, 5.41) is 14.2. The molecular formula is C14H21N5OS. The third-order valence-corrected chi connectivity index (χ3v) is 3.63. The maximum Gasteiger partial charge on any atom is 0.315 e. The Kier molecular flexibility index (Phi) is 5.44. The smallest absolute Gasteiger partial charge is 0.315 e. The van der Waals surface area contributed by atoms with Crippen molar-refractivity contribution in [1.82, 2.24) is 25.2 Å². The molecule has 2 aromatic rings. The number of nitrogens with zero attached hydrogens (tertiary/aromatic N) is 3. The Morgan fingerprint density at radius 2 is 2.14 bits per heavy atom. The fourth-order valence-corrected chi connectivity index (χ4v) is 2.53. The number of carbonyl (C=O) groups is 1. The highest BCUT2D eigenvalue weighted by atomic mass is 32.2. The molecule has 2 heterocycles. The lowest BCUT2D eigenvalue weighted by Crippen LogP contribution is -2.41. The van der Waals surface area contributed by atoms with Crippen LogP contribution < -0.4 is 10.6 Å². The molecule has 0 aliphatic carbocycles. The number of urea groups is 1. The molecule has 2 aromatic heterocycles. The molecule has 0 aliphatic heterocycles. The van der Waals surface area contributed by atoms with Crippen LogP contribution in [0.3, 0.4) is 0 Å². The van der Waals surface area contributed by atoms with Gasteiger partial charge < -0.3 is 10.6 Å². The number of carbonyl (C=O) groups excluding carboxylic acids is 1. The zero-order chi connectivity index (χ0) is 15.2. The largest absolute Gasteiger partial charge is 0.336 e. The van der Waals surface area contributed by atoms with E-state index < -0.39 is 0 Å². The van der Waals surface area contributed by atoms with E-state index in [0.717, 1.165) is 23.6 Å². The topological polar surface area (TPSA) is 71.3 Å². The van der Waals surface area contributed by atoms with E-state index in [9.17, 15) is 4.79 Å². The number of nitrogens with one attached hydrogen (secondary N) is 2. The third kappa shape index (κ3) is 4.10. The Bertz CT molecular complexity index is 598. The summed E-state index contributed by atoms with van der Waals surface area (Å²) in [4.78, 5) is 12.0. The van der Waals surface area contributed by atoms with Crippen molar-refractivity contribution in [3.05, 3.63) is 30.2 Å². The normalized spacial score (nSPS) is 12.6. The van der Waals surface area contributed by atoms with Crippen LogP contribution in [0.4, 0.5) is 4.79 Å². The lowest BCUT2D eigenvalue weighted by molar-refractivity contribution is 0.233. The second-order valence-corrected chi connectivity index (χ2v) is 6.08. The lowest BCUT2D eigenvalue weighted by atomic mass is 10.2. The molecule has 1 atom stereocenters. The molecule has 0 unspecified atom stereocenters. The molecular weight excluding hydrogens is 286 g/mol. The van der Waals surface area contributed by atoms with Gasteiger partial charge in [0.1, 0.15) is 0 Å². The van der Waals surface area contributed by atoms with Crippen molar-refractivity contribution in [2.75, 3.05) is 12.0 Å². The predicted octanol–water partition coefficient (Wildman–Crippen LogP) is 2.23. The van der Waals surface area contributed by atoms with Gasteiger partial charge in [0.05, 0.1) is 6.04 Å². The summed E-state index contributed by atoms with van der Waals surface area (Å²) in [5.74, 6) is 1.70. The van der Waals surface area contributed by atoms with Gasteiger partial charge in [0, 0.05) is 12.2 Å². The molecule has 0 bridgehead atoms. The highest BCUT2D eigenvalue weighted by Crippen LogP contribution is 2.18. The van der Waals surface area contributed by atoms with Crippen LogP contribution in [-0.4, -0.2) is 38.7 Å². The first-order valence-electron chi connectivity index (χ1n) is 6.97. The highest BCUT2D eigenvalue weighted by molar-refractivity contribution is 7.98. The van der Waals surface area contributed by atoms with Crippen molar-refractivity contribution in [1.29, 1.82) is 0 Å². The fourth-order valence-electron chi connectivity index (χ4n) is 2.06. The molecule has 21 heavy (non-hydrogen) atoms. The van der Waals surface area contributed by atoms with Gasteiger partial charge in [-0.2, -0.15) is 11.8 Å². The van der Waals surface area contributed by atoms with Gasteiger partial charge in [-0.05, 0) is 44.4 Å². The van der Waals surface area contributed by atoms with Crippen molar-refractivity contribution in [2.24, 2.45) is 0 Å². The van der Waals surface area contributed by atoms with Crippen LogP contribution in [0.5, 0.6) is 0 Å². The maximum atomic E-state index is 12.0. The summed E-state index contributed by atoms with van der Waals surface area (Å²) in [7, 11) is 0. The average Bonchev–Trinajstić information content (AvgIpc) is 2.86. The van der Waals surface area contributed by atoms with Crippen LogP contribution in [0.2, 0.25) is 0 Å². The molecule has 2 amide bonds. The number of aromatic nitrogens is 3. The van der Waals surface area contributed by atoms with Gasteiger partial charge in [0.25, 0.3) is 0 Å². The van der Waals surface area contributed by atoms with Crippen molar-refractivity contribution in [2.45, 2.75) is 32.4 Å². The fraction of sp³-hybridized carbons (Fsp3) is 0.500. The quantitative estimate of drug-likeness (QED) is 0.858. The van der Waals surface area contributed by atoms with Crippen LogP contribution in [0, 0.1) is 0 Å². The molecule has 2 N–H and O–H groups in total. The highest BCUT2D eigenvalue weighted by Gasteiger charge is 2.20. The average molecular weight is 307 g/mol. The molecule has 114 valence electrons. The molecule has 0 spiro atoms. The van der Waals surface area contributed by atoms with Crippen LogP contribution in [0.25, 0.3) is 5.65 Å². The molecule has 0 aromatic carbocycles. The van der Waals surface area contributed by atoms with E-state index in [4.69, 9.17) is 0 Å². The van der Waals surface area contributed by atoms with Crippen molar-refractivity contribution in [3.8, 4) is 0 Å². The summed E-state index contributed by atoms with van der Waals surface area (Å²) in [6, 6.07) is 5.51. The van der Waals surface area contributed by atoms with E-state index in [2.05, 4.69) is 20.8 Å². The second-order valence-electron chi connectivity index (χ2n) is 5.09. The zero-order valence-electron chi connectivity index (χ0n) is 12.5. The van der Waals surface area contributed by atoms with Crippen molar-refractivity contribution in [3.63, 3.8) is 0 Å². The van der Waals surface area contributed by atoms with Gasteiger partial charge in [-0.15, -0.1) is 10.2 Å². The Hall–Kier alpha value is -1.76. The molecule has 0 radical (unpaired) electrons. The van der Waals surface area contributed by atoms with Gasteiger partial charge >= 0.3 is 6.03 Å². The Balaban J connectivity index is 2.20. The first-order valence-corrected chi connectivity index (χ1v) is 8.37. The Morgan fingerprint density at radius 3 is 2.86 bits per heavy atom. The Labute approximate surface area is 128 Å². The molecule has 2 rings (SSSR count). The van der Waals surface area contributed by atoms with E-state index >= 15 is 0 Å². The third-order valence-electron chi connectivity index (χ3n) is 2.99. The number of hydrogen-bond acceptors (Lipinski definition) is 4.